The van der Waals surface area contributed by atoms with Crippen LogP contribution in [0.3, 0.4) is 0 Å². The van der Waals surface area contributed by atoms with E-state index < -0.39 is 11.7 Å². The molecule has 11 heteroatoms. The lowest BCUT2D eigenvalue weighted by Gasteiger charge is -2.09. The Kier molecular flexibility index (Phi) is 5.40. The van der Waals surface area contributed by atoms with Gasteiger partial charge in [0.15, 0.2) is 21.5 Å². The minimum absolute atomic E-state index is 0.400. The number of nitrogens with one attached hydrogen (secondary N) is 2. The average molecular weight is 482 g/mol. The lowest BCUT2D eigenvalue weighted by molar-refractivity contribution is -0.137. The van der Waals surface area contributed by atoms with E-state index in [-0.39, 0.29) is 0 Å². The minimum Gasteiger partial charge on any atom is -0.359 e. The van der Waals surface area contributed by atoms with Gasteiger partial charge in [0.2, 0.25) is 0 Å². The molecule has 2 N–H and O–H groups in total. The van der Waals surface area contributed by atoms with E-state index in [0.29, 0.717) is 49.9 Å². The third-order valence-corrected chi connectivity index (χ3v) is 5.85. The maximum atomic E-state index is 12.9. The molecule has 2 aromatic carbocycles. The highest BCUT2D eigenvalue weighted by molar-refractivity contribution is 7.21. The summed E-state index contributed by atoms with van der Waals surface area (Å²) in [5.41, 5.74) is 2.46. The molecule has 5 aromatic rings. The second-order valence-corrected chi connectivity index (χ2v) is 8.42. The number of anilines is 4. The van der Waals surface area contributed by atoms with Crippen molar-refractivity contribution in [2.24, 2.45) is 0 Å². The van der Waals surface area contributed by atoms with Crippen molar-refractivity contribution < 1.29 is 17.7 Å². The maximum absolute atomic E-state index is 12.9. The number of rotatable bonds is 5. The zero-order valence-electron chi connectivity index (χ0n) is 17.9. The van der Waals surface area contributed by atoms with Crippen LogP contribution in [0.5, 0.6) is 0 Å². The molecule has 0 fully saturated rings. The summed E-state index contributed by atoms with van der Waals surface area (Å²) >= 11 is 1.32. The first kappa shape index (κ1) is 21.8. The number of aromatic nitrogens is 4. The van der Waals surface area contributed by atoms with E-state index in [1.807, 2.05) is 30.3 Å². The van der Waals surface area contributed by atoms with Crippen LogP contribution in [0.25, 0.3) is 21.6 Å². The molecule has 0 aliphatic rings. The fourth-order valence-corrected chi connectivity index (χ4v) is 4.26. The Morgan fingerprint density at radius 2 is 1.62 bits per heavy atom. The van der Waals surface area contributed by atoms with Gasteiger partial charge in [-0.2, -0.15) is 13.2 Å². The summed E-state index contributed by atoms with van der Waals surface area (Å²) in [7, 11) is 0. The average Bonchev–Trinajstić information content (AvgIpc) is 3.37. The lowest BCUT2D eigenvalue weighted by Crippen LogP contribution is -2.04. The number of thiazole rings is 1. The first-order chi connectivity index (χ1) is 16.3. The molecule has 34 heavy (non-hydrogen) atoms. The SMILES string of the molecule is Cc1nc(Nc2ccc(C(F)(F)F)cc2)c2nc(Nc3c(-c4ccccc4)noc3C)sc2n1. The zero-order chi connectivity index (χ0) is 23.9. The van der Waals surface area contributed by atoms with Crippen molar-refractivity contribution in [2.75, 3.05) is 10.6 Å². The number of halogens is 3. The second kappa shape index (κ2) is 8.41. The van der Waals surface area contributed by atoms with Crippen molar-refractivity contribution in [1.29, 1.82) is 0 Å². The molecule has 0 saturated carbocycles. The van der Waals surface area contributed by atoms with Crippen LogP contribution in [0, 0.1) is 13.8 Å². The van der Waals surface area contributed by atoms with Crippen molar-refractivity contribution in [2.45, 2.75) is 20.0 Å². The summed E-state index contributed by atoms with van der Waals surface area (Å²) in [5.74, 6) is 1.50. The van der Waals surface area contributed by atoms with E-state index in [0.717, 1.165) is 17.7 Å². The van der Waals surface area contributed by atoms with Crippen LogP contribution >= 0.6 is 11.3 Å². The standard InChI is InChI=1S/C23H17F3N6OS/c1-12-17(18(32-33-12)14-6-4-3-5-7-14)30-22-31-19-20(27-13(2)28-21(19)34-22)29-16-10-8-15(9-11-16)23(24,25)26/h3-11H,1-2H3,(H,30,31)(H,27,28,29). The van der Waals surface area contributed by atoms with Gasteiger partial charge in [-0.1, -0.05) is 46.8 Å². The zero-order valence-corrected chi connectivity index (χ0v) is 18.8. The molecule has 0 amide bonds. The summed E-state index contributed by atoms with van der Waals surface area (Å²) < 4.78 is 44.0. The molecule has 0 saturated heterocycles. The van der Waals surface area contributed by atoms with E-state index in [4.69, 9.17) is 4.52 Å². The van der Waals surface area contributed by atoms with Crippen LogP contribution in [0.15, 0.2) is 59.1 Å². The monoisotopic (exact) mass is 482 g/mol. The van der Waals surface area contributed by atoms with E-state index in [9.17, 15) is 13.2 Å². The van der Waals surface area contributed by atoms with Crippen molar-refractivity contribution in [3.8, 4) is 11.3 Å². The molecule has 0 unspecified atom stereocenters. The van der Waals surface area contributed by atoms with Gasteiger partial charge in [0.1, 0.15) is 22.7 Å². The fraction of sp³-hybridized carbons (Fsp3) is 0.130. The normalized spacial score (nSPS) is 11.7. The van der Waals surface area contributed by atoms with Crippen LogP contribution in [0.2, 0.25) is 0 Å². The van der Waals surface area contributed by atoms with Gasteiger partial charge in [-0.15, -0.1) is 0 Å². The fourth-order valence-electron chi connectivity index (χ4n) is 3.37. The quantitative estimate of drug-likeness (QED) is 0.283. The number of hydrogen-bond donors (Lipinski definition) is 2. The van der Waals surface area contributed by atoms with E-state index in [1.165, 1.54) is 23.5 Å². The highest BCUT2D eigenvalue weighted by atomic mass is 32.1. The highest BCUT2D eigenvalue weighted by Crippen LogP contribution is 2.37. The Balaban J connectivity index is 1.47. The summed E-state index contributed by atoms with van der Waals surface area (Å²) in [6, 6.07) is 14.3. The molecular formula is C23H17F3N6OS. The minimum atomic E-state index is -4.40. The van der Waals surface area contributed by atoms with E-state index >= 15 is 0 Å². The smallest absolute Gasteiger partial charge is 0.359 e. The third kappa shape index (κ3) is 4.29. The highest BCUT2D eigenvalue weighted by Gasteiger charge is 2.30. The number of aryl methyl sites for hydroxylation is 2. The Labute approximate surface area is 195 Å². The van der Waals surface area contributed by atoms with Gasteiger partial charge in [-0.05, 0) is 38.1 Å². The summed E-state index contributed by atoms with van der Waals surface area (Å²) in [6.07, 6.45) is -4.40. The maximum Gasteiger partial charge on any atom is 0.416 e. The number of hydrogen-bond acceptors (Lipinski definition) is 8. The number of nitrogens with zero attached hydrogens (tertiary/aromatic N) is 4. The number of fused-ring (bicyclic) bond motifs is 1. The van der Waals surface area contributed by atoms with Gasteiger partial charge in [-0.25, -0.2) is 15.0 Å². The van der Waals surface area contributed by atoms with Crippen LogP contribution < -0.4 is 10.6 Å². The van der Waals surface area contributed by atoms with Gasteiger partial charge in [0, 0.05) is 11.3 Å². The Morgan fingerprint density at radius 1 is 0.882 bits per heavy atom. The predicted octanol–water partition coefficient (Wildman–Crippen LogP) is 6.86. The summed E-state index contributed by atoms with van der Waals surface area (Å²) in [4.78, 5) is 14.1. The Hall–Kier alpha value is -3.99. The van der Waals surface area contributed by atoms with Crippen molar-refractivity contribution in [1.82, 2.24) is 20.1 Å². The molecule has 3 heterocycles. The largest absolute Gasteiger partial charge is 0.416 e. The summed E-state index contributed by atoms with van der Waals surface area (Å²) in [5, 5.41) is 11.0. The predicted molar refractivity (Wildman–Crippen MR) is 125 cm³/mol. The molecule has 0 radical (unpaired) electrons. The Morgan fingerprint density at radius 3 is 2.32 bits per heavy atom. The number of alkyl halides is 3. The van der Waals surface area contributed by atoms with Crippen LogP contribution in [-0.4, -0.2) is 20.1 Å². The molecular weight excluding hydrogens is 465 g/mol. The van der Waals surface area contributed by atoms with E-state index in [2.05, 4.69) is 30.7 Å². The molecule has 172 valence electrons. The van der Waals surface area contributed by atoms with E-state index in [1.54, 1.807) is 13.8 Å². The van der Waals surface area contributed by atoms with Gasteiger partial charge >= 0.3 is 6.18 Å². The molecule has 5 rings (SSSR count). The lowest BCUT2D eigenvalue weighted by atomic mass is 10.1. The Bertz CT molecular complexity index is 1460. The van der Waals surface area contributed by atoms with Gasteiger partial charge in [0.25, 0.3) is 0 Å². The second-order valence-electron chi connectivity index (χ2n) is 7.45. The molecule has 0 spiro atoms. The van der Waals surface area contributed by atoms with Crippen molar-refractivity contribution >= 4 is 44.0 Å². The third-order valence-electron chi connectivity index (χ3n) is 4.99. The van der Waals surface area contributed by atoms with Crippen LogP contribution in [-0.2, 0) is 6.18 Å². The molecule has 3 aromatic heterocycles. The summed E-state index contributed by atoms with van der Waals surface area (Å²) in [6.45, 7) is 3.54. The molecule has 0 atom stereocenters. The molecule has 0 bridgehead atoms. The topological polar surface area (TPSA) is 88.8 Å². The first-order valence-electron chi connectivity index (χ1n) is 10.2. The van der Waals surface area contributed by atoms with Crippen molar-refractivity contribution in [3.63, 3.8) is 0 Å². The van der Waals surface area contributed by atoms with Gasteiger partial charge < -0.3 is 15.2 Å². The molecule has 7 nitrogen and oxygen atoms in total. The molecule has 0 aliphatic carbocycles. The van der Waals surface area contributed by atoms with Crippen LogP contribution in [0.1, 0.15) is 17.1 Å². The van der Waals surface area contributed by atoms with Gasteiger partial charge in [-0.3, -0.25) is 0 Å². The number of benzene rings is 2. The van der Waals surface area contributed by atoms with Gasteiger partial charge in [0.05, 0.1) is 5.56 Å². The first-order valence-corrected chi connectivity index (χ1v) is 11.0. The van der Waals surface area contributed by atoms with Crippen molar-refractivity contribution in [3.05, 3.63) is 71.7 Å². The van der Waals surface area contributed by atoms with Crippen LogP contribution in [0.4, 0.5) is 35.5 Å². The molecule has 0 aliphatic heterocycles.